The zero-order valence-electron chi connectivity index (χ0n) is 11.7. The standard InChI is InChI=1S/C13H17N3O2S2/c1-4-14-13-15-11(19-7-10(17)18-5-2)9-6-8(3)20-12(9)16-13/h6H,4-5,7H2,1-3H3,(H,14,15,16). The number of hydrogen-bond donors (Lipinski definition) is 1. The molecule has 0 bridgehead atoms. The lowest BCUT2D eigenvalue weighted by Gasteiger charge is -2.06. The maximum atomic E-state index is 11.5. The van der Waals surface area contributed by atoms with Crippen LogP contribution >= 0.6 is 23.1 Å². The molecule has 0 aliphatic heterocycles. The first-order valence-electron chi connectivity index (χ1n) is 6.44. The number of thiophene rings is 1. The Morgan fingerprint density at radius 2 is 2.25 bits per heavy atom. The molecular weight excluding hydrogens is 294 g/mol. The van der Waals surface area contributed by atoms with Gasteiger partial charge in [0.05, 0.1) is 12.4 Å². The summed E-state index contributed by atoms with van der Waals surface area (Å²) in [7, 11) is 0. The van der Waals surface area contributed by atoms with Gasteiger partial charge in [-0.25, -0.2) is 9.97 Å². The van der Waals surface area contributed by atoms with E-state index in [0.29, 0.717) is 12.6 Å². The van der Waals surface area contributed by atoms with E-state index in [0.717, 1.165) is 21.8 Å². The fraction of sp³-hybridized carbons (Fsp3) is 0.462. The lowest BCUT2D eigenvalue weighted by Crippen LogP contribution is -2.07. The Labute approximate surface area is 126 Å². The summed E-state index contributed by atoms with van der Waals surface area (Å²) in [5.41, 5.74) is 0. The van der Waals surface area contributed by atoms with Crippen LogP contribution in [0.3, 0.4) is 0 Å². The summed E-state index contributed by atoms with van der Waals surface area (Å²) in [6.07, 6.45) is 0. The second kappa shape index (κ2) is 6.90. The first kappa shape index (κ1) is 15.1. The number of thioether (sulfide) groups is 1. The number of aromatic nitrogens is 2. The molecule has 0 aliphatic carbocycles. The first-order chi connectivity index (χ1) is 9.63. The minimum Gasteiger partial charge on any atom is -0.465 e. The van der Waals surface area contributed by atoms with Gasteiger partial charge in [-0.05, 0) is 26.8 Å². The molecule has 2 aromatic heterocycles. The molecule has 0 aromatic carbocycles. The summed E-state index contributed by atoms with van der Waals surface area (Å²) in [6.45, 7) is 7.01. The van der Waals surface area contributed by atoms with E-state index in [9.17, 15) is 4.79 Å². The maximum absolute atomic E-state index is 11.5. The first-order valence-corrected chi connectivity index (χ1v) is 8.24. The van der Waals surface area contributed by atoms with Crippen LogP contribution in [0.2, 0.25) is 0 Å². The number of esters is 1. The lowest BCUT2D eigenvalue weighted by atomic mass is 10.4. The second-order valence-corrected chi connectivity index (χ2v) is 6.25. The van der Waals surface area contributed by atoms with Crippen molar-refractivity contribution in [1.29, 1.82) is 0 Å². The molecule has 0 radical (unpaired) electrons. The van der Waals surface area contributed by atoms with E-state index in [1.807, 2.05) is 13.8 Å². The van der Waals surface area contributed by atoms with Gasteiger partial charge in [0, 0.05) is 16.8 Å². The van der Waals surface area contributed by atoms with Crippen molar-refractivity contribution < 1.29 is 9.53 Å². The number of rotatable bonds is 6. The van der Waals surface area contributed by atoms with Crippen molar-refractivity contribution >= 4 is 45.2 Å². The summed E-state index contributed by atoms with van der Waals surface area (Å²) in [5.74, 6) is 0.648. The van der Waals surface area contributed by atoms with E-state index in [2.05, 4.69) is 21.4 Å². The summed E-state index contributed by atoms with van der Waals surface area (Å²) >= 11 is 3.02. The summed E-state index contributed by atoms with van der Waals surface area (Å²) in [6, 6.07) is 2.06. The molecule has 7 heteroatoms. The van der Waals surface area contributed by atoms with Crippen molar-refractivity contribution in [2.45, 2.75) is 25.8 Å². The number of fused-ring (bicyclic) bond motifs is 1. The number of nitrogens with one attached hydrogen (secondary N) is 1. The molecule has 2 heterocycles. The minimum atomic E-state index is -0.221. The predicted octanol–water partition coefficient (Wildman–Crippen LogP) is 3.09. The van der Waals surface area contributed by atoms with Crippen LogP contribution in [-0.2, 0) is 9.53 Å². The van der Waals surface area contributed by atoms with Crippen molar-refractivity contribution in [1.82, 2.24) is 9.97 Å². The summed E-state index contributed by atoms with van der Waals surface area (Å²) in [4.78, 5) is 22.5. The van der Waals surface area contributed by atoms with Crippen LogP contribution in [0.1, 0.15) is 18.7 Å². The molecule has 20 heavy (non-hydrogen) atoms. The van der Waals surface area contributed by atoms with Gasteiger partial charge < -0.3 is 10.1 Å². The second-order valence-electron chi connectivity index (χ2n) is 4.05. The number of carbonyl (C=O) groups is 1. The van der Waals surface area contributed by atoms with E-state index in [4.69, 9.17) is 4.74 Å². The molecule has 2 rings (SSSR count). The number of ether oxygens (including phenoxy) is 1. The smallest absolute Gasteiger partial charge is 0.316 e. The van der Waals surface area contributed by atoms with Crippen LogP contribution in [0.4, 0.5) is 5.95 Å². The van der Waals surface area contributed by atoms with E-state index in [1.165, 1.54) is 16.6 Å². The van der Waals surface area contributed by atoms with Crippen molar-refractivity contribution in [3.8, 4) is 0 Å². The van der Waals surface area contributed by atoms with Crippen molar-refractivity contribution in [2.24, 2.45) is 0 Å². The number of hydrogen-bond acceptors (Lipinski definition) is 7. The maximum Gasteiger partial charge on any atom is 0.316 e. The van der Waals surface area contributed by atoms with E-state index in [1.54, 1.807) is 18.3 Å². The zero-order valence-corrected chi connectivity index (χ0v) is 13.4. The highest BCUT2D eigenvalue weighted by atomic mass is 32.2. The van der Waals surface area contributed by atoms with Crippen LogP contribution < -0.4 is 5.32 Å². The van der Waals surface area contributed by atoms with Crippen LogP contribution in [-0.4, -0.2) is 34.8 Å². The molecule has 0 aliphatic rings. The van der Waals surface area contributed by atoms with E-state index >= 15 is 0 Å². The highest BCUT2D eigenvalue weighted by Crippen LogP contribution is 2.32. The van der Waals surface area contributed by atoms with Crippen LogP contribution in [0.25, 0.3) is 10.2 Å². The fourth-order valence-corrected chi connectivity index (χ4v) is 3.44. The highest BCUT2D eigenvalue weighted by molar-refractivity contribution is 8.00. The Morgan fingerprint density at radius 3 is 2.95 bits per heavy atom. The molecule has 0 spiro atoms. The van der Waals surface area contributed by atoms with Gasteiger partial charge in [-0.2, -0.15) is 0 Å². The van der Waals surface area contributed by atoms with Crippen molar-refractivity contribution in [2.75, 3.05) is 24.2 Å². The molecule has 0 atom stereocenters. The van der Waals surface area contributed by atoms with Gasteiger partial charge in [0.15, 0.2) is 0 Å². The minimum absolute atomic E-state index is 0.221. The van der Waals surface area contributed by atoms with Gasteiger partial charge in [0.2, 0.25) is 5.95 Å². The molecule has 0 saturated carbocycles. The van der Waals surface area contributed by atoms with Crippen LogP contribution in [0, 0.1) is 6.92 Å². The van der Waals surface area contributed by atoms with Crippen LogP contribution in [0.5, 0.6) is 0 Å². The van der Waals surface area contributed by atoms with Gasteiger partial charge in [0.1, 0.15) is 9.86 Å². The van der Waals surface area contributed by atoms with Gasteiger partial charge in [-0.1, -0.05) is 11.8 Å². The van der Waals surface area contributed by atoms with Crippen molar-refractivity contribution in [3.63, 3.8) is 0 Å². The molecule has 1 N–H and O–H groups in total. The third kappa shape index (κ3) is 3.61. The number of nitrogens with zero attached hydrogens (tertiary/aromatic N) is 2. The Kier molecular flexibility index (Phi) is 5.19. The van der Waals surface area contributed by atoms with E-state index in [-0.39, 0.29) is 11.7 Å². The molecule has 2 aromatic rings. The number of anilines is 1. The molecular formula is C13H17N3O2S2. The summed E-state index contributed by atoms with van der Waals surface area (Å²) in [5, 5.41) is 4.94. The third-order valence-electron chi connectivity index (χ3n) is 2.45. The third-order valence-corrected chi connectivity index (χ3v) is 4.36. The normalized spacial score (nSPS) is 10.8. The highest BCUT2D eigenvalue weighted by Gasteiger charge is 2.13. The molecule has 0 unspecified atom stereocenters. The van der Waals surface area contributed by atoms with E-state index < -0.39 is 0 Å². The van der Waals surface area contributed by atoms with Gasteiger partial charge in [-0.3, -0.25) is 4.79 Å². The SMILES string of the molecule is CCNc1nc(SCC(=O)OCC)c2cc(C)sc2n1. The van der Waals surface area contributed by atoms with Gasteiger partial charge in [0.25, 0.3) is 0 Å². The van der Waals surface area contributed by atoms with Gasteiger partial charge >= 0.3 is 5.97 Å². The monoisotopic (exact) mass is 311 g/mol. The Bertz CT molecular complexity index is 613. The number of carbonyl (C=O) groups excluding carboxylic acids is 1. The molecule has 0 saturated heterocycles. The quantitative estimate of drug-likeness (QED) is 0.502. The summed E-state index contributed by atoms with van der Waals surface area (Å²) < 4.78 is 4.94. The largest absolute Gasteiger partial charge is 0.465 e. The van der Waals surface area contributed by atoms with Gasteiger partial charge in [-0.15, -0.1) is 11.3 Å². The Hall–Kier alpha value is -1.34. The predicted molar refractivity (Wildman–Crippen MR) is 83.7 cm³/mol. The molecule has 0 fully saturated rings. The zero-order chi connectivity index (χ0) is 14.5. The average Bonchev–Trinajstić information content (AvgIpc) is 2.77. The topological polar surface area (TPSA) is 64.1 Å². The average molecular weight is 311 g/mol. The lowest BCUT2D eigenvalue weighted by molar-refractivity contribution is -0.139. The van der Waals surface area contributed by atoms with Crippen molar-refractivity contribution in [3.05, 3.63) is 10.9 Å². The van der Waals surface area contributed by atoms with Crippen LogP contribution in [0.15, 0.2) is 11.1 Å². The molecule has 0 amide bonds. The Morgan fingerprint density at radius 1 is 1.45 bits per heavy atom. The fourth-order valence-electron chi connectivity index (χ4n) is 1.69. The molecule has 5 nitrogen and oxygen atoms in total. The number of aryl methyl sites for hydroxylation is 1. The molecule has 108 valence electrons. The Balaban J connectivity index is 2.26.